The van der Waals surface area contributed by atoms with Crippen LogP contribution in [0.15, 0.2) is 71.8 Å². The molecule has 1 amide bonds. The average Bonchev–Trinajstić information content (AvgIpc) is 2.71. The van der Waals surface area contributed by atoms with Crippen LogP contribution in [0.5, 0.6) is 11.5 Å². The van der Waals surface area contributed by atoms with Gasteiger partial charge in [0, 0.05) is 0 Å². The normalized spacial score (nSPS) is 10.9. The second kappa shape index (κ2) is 9.38. The third-order valence-corrected chi connectivity index (χ3v) is 3.85. The molecule has 0 aromatic heterocycles. The number of benzene rings is 3. The lowest BCUT2D eigenvalue weighted by molar-refractivity contribution is -0.123. The monoisotopic (exact) mass is 362 g/mol. The van der Waals surface area contributed by atoms with Crippen LogP contribution in [0.3, 0.4) is 0 Å². The van der Waals surface area contributed by atoms with Crippen molar-refractivity contribution >= 4 is 22.9 Å². The Hall–Kier alpha value is -3.34. The lowest BCUT2D eigenvalue weighted by Crippen LogP contribution is -2.24. The van der Waals surface area contributed by atoms with Crippen molar-refractivity contribution in [2.24, 2.45) is 5.10 Å². The molecule has 5 heteroatoms. The van der Waals surface area contributed by atoms with Crippen molar-refractivity contribution in [2.45, 2.75) is 13.3 Å². The van der Waals surface area contributed by atoms with E-state index in [1.165, 1.54) is 0 Å². The van der Waals surface area contributed by atoms with E-state index in [0.717, 1.165) is 28.5 Å². The van der Waals surface area contributed by atoms with Gasteiger partial charge in [-0.25, -0.2) is 5.43 Å². The Labute approximate surface area is 158 Å². The first-order valence-electron chi connectivity index (χ1n) is 8.91. The molecular weight excluding hydrogens is 340 g/mol. The molecule has 3 aromatic rings. The molecule has 0 aliphatic carbocycles. The number of amides is 1. The van der Waals surface area contributed by atoms with Crippen LogP contribution in [0.2, 0.25) is 0 Å². The van der Waals surface area contributed by atoms with Crippen molar-refractivity contribution in [2.75, 3.05) is 13.2 Å². The fourth-order valence-electron chi connectivity index (χ4n) is 2.49. The van der Waals surface area contributed by atoms with Crippen LogP contribution in [-0.4, -0.2) is 25.3 Å². The highest BCUT2D eigenvalue weighted by molar-refractivity contribution is 5.84. The first kappa shape index (κ1) is 18.5. The van der Waals surface area contributed by atoms with Crippen LogP contribution in [0.4, 0.5) is 0 Å². The summed E-state index contributed by atoms with van der Waals surface area (Å²) in [7, 11) is 0. The van der Waals surface area contributed by atoms with Crippen molar-refractivity contribution in [3.63, 3.8) is 0 Å². The van der Waals surface area contributed by atoms with E-state index >= 15 is 0 Å². The molecular formula is C22H22N2O3. The molecule has 0 radical (unpaired) electrons. The first-order chi connectivity index (χ1) is 13.2. The predicted octanol–water partition coefficient (Wildman–Crippen LogP) is 4.16. The minimum Gasteiger partial charge on any atom is -0.494 e. The Morgan fingerprint density at radius 1 is 0.963 bits per heavy atom. The largest absolute Gasteiger partial charge is 0.494 e. The summed E-state index contributed by atoms with van der Waals surface area (Å²) in [4.78, 5) is 11.9. The summed E-state index contributed by atoms with van der Waals surface area (Å²) < 4.78 is 11.1. The number of carbonyl (C=O) groups excluding carboxylic acids is 1. The summed E-state index contributed by atoms with van der Waals surface area (Å²) in [5, 5.41) is 6.15. The minimum absolute atomic E-state index is 0.0977. The Kier molecular flexibility index (Phi) is 6.41. The average molecular weight is 362 g/mol. The first-order valence-corrected chi connectivity index (χ1v) is 8.91. The third-order valence-electron chi connectivity index (χ3n) is 3.85. The van der Waals surface area contributed by atoms with Gasteiger partial charge in [-0.1, -0.05) is 37.3 Å². The summed E-state index contributed by atoms with van der Waals surface area (Å²) in [6, 6.07) is 21.2. The van der Waals surface area contributed by atoms with E-state index in [0.29, 0.717) is 12.4 Å². The zero-order valence-corrected chi connectivity index (χ0v) is 15.2. The Morgan fingerprint density at radius 3 is 2.48 bits per heavy atom. The highest BCUT2D eigenvalue weighted by Gasteiger charge is 2.02. The molecule has 3 rings (SSSR count). The van der Waals surface area contributed by atoms with Gasteiger partial charge in [-0.3, -0.25) is 4.79 Å². The van der Waals surface area contributed by atoms with Gasteiger partial charge in [0.2, 0.25) is 0 Å². The second-order valence-corrected chi connectivity index (χ2v) is 6.01. The number of nitrogens with one attached hydrogen (secondary N) is 1. The highest BCUT2D eigenvalue weighted by atomic mass is 16.5. The molecule has 138 valence electrons. The molecule has 0 saturated heterocycles. The lowest BCUT2D eigenvalue weighted by Gasteiger charge is -2.06. The molecule has 0 atom stereocenters. The van der Waals surface area contributed by atoms with Gasteiger partial charge in [0.25, 0.3) is 5.91 Å². The molecule has 0 bridgehead atoms. The highest BCUT2D eigenvalue weighted by Crippen LogP contribution is 2.20. The van der Waals surface area contributed by atoms with E-state index in [1.807, 2.05) is 66.7 Å². The van der Waals surface area contributed by atoms with E-state index in [4.69, 9.17) is 9.47 Å². The maximum atomic E-state index is 11.9. The maximum Gasteiger partial charge on any atom is 0.277 e. The van der Waals surface area contributed by atoms with Gasteiger partial charge in [-0.05, 0) is 59.2 Å². The van der Waals surface area contributed by atoms with Crippen LogP contribution in [0.1, 0.15) is 18.9 Å². The smallest absolute Gasteiger partial charge is 0.277 e. The molecule has 27 heavy (non-hydrogen) atoms. The number of hydrogen-bond acceptors (Lipinski definition) is 4. The van der Waals surface area contributed by atoms with E-state index in [1.54, 1.807) is 6.21 Å². The van der Waals surface area contributed by atoms with Crippen LogP contribution < -0.4 is 14.9 Å². The quantitative estimate of drug-likeness (QED) is 0.483. The number of rotatable bonds is 8. The molecule has 0 aliphatic heterocycles. The number of nitrogens with zero attached hydrogens (tertiary/aromatic N) is 1. The van der Waals surface area contributed by atoms with E-state index in [-0.39, 0.29) is 12.5 Å². The predicted molar refractivity (Wildman–Crippen MR) is 107 cm³/mol. The van der Waals surface area contributed by atoms with Crippen LogP contribution in [-0.2, 0) is 4.79 Å². The zero-order chi connectivity index (χ0) is 18.9. The van der Waals surface area contributed by atoms with Crippen LogP contribution >= 0.6 is 0 Å². The summed E-state index contributed by atoms with van der Waals surface area (Å²) in [5.74, 6) is 1.15. The fraction of sp³-hybridized carbons (Fsp3) is 0.182. The molecule has 0 saturated carbocycles. The standard InChI is InChI=1S/C22H22N2O3/c1-2-13-26-20-10-7-17(8-11-20)15-23-24-22(25)16-27-21-12-9-18-5-3-4-6-19(18)14-21/h3-12,14-15H,2,13,16H2,1H3,(H,24,25). The van der Waals surface area contributed by atoms with Gasteiger partial charge in [0.15, 0.2) is 6.61 Å². The van der Waals surface area contributed by atoms with Gasteiger partial charge in [0.1, 0.15) is 11.5 Å². The maximum absolute atomic E-state index is 11.9. The van der Waals surface area contributed by atoms with Crippen molar-refractivity contribution in [1.29, 1.82) is 0 Å². The molecule has 0 heterocycles. The van der Waals surface area contributed by atoms with E-state index in [2.05, 4.69) is 17.5 Å². The van der Waals surface area contributed by atoms with Gasteiger partial charge in [-0.15, -0.1) is 0 Å². The number of fused-ring (bicyclic) bond motifs is 1. The number of carbonyl (C=O) groups is 1. The summed E-state index contributed by atoms with van der Waals surface area (Å²) in [6.45, 7) is 2.66. The SMILES string of the molecule is CCCOc1ccc(C=NNC(=O)COc2ccc3ccccc3c2)cc1. The van der Waals surface area contributed by atoms with Gasteiger partial charge >= 0.3 is 0 Å². The van der Waals surface area contributed by atoms with Crippen molar-refractivity contribution in [3.8, 4) is 11.5 Å². The Balaban J connectivity index is 1.46. The summed E-state index contributed by atoms with van der Waals surface area (Å²) >= 11 is 0. The lowest BCUT2D eigenvalue weighted by atomic mass is 10.1. The Bertz CT molecular complexity index is 920. The van der Waals surface area contributed by atoms with Crippen molar-refractivity contribution < 1.29 is 14.3 Å². The molecule has 0 spiro atoms. The number of ether oxygens (including phenoxy) is 2. The summed E-state index contributed by atoms with van der Waals surface area (Å²) in [6.07, 6.45) is 2.55. The van der Waals surface area contributed by atoms with E-state index in [9.17, 15) is 4.79 Å². The van der Waals surface area contributed by atoms with Gasteiger partial charge in [0.05, 0.1) is 12.8 Å². The zero-order valence-electron chi connectivity index (χ0n) is 15.2. The van der Waals surface area contributed by atoms with Gasteiger partial charge < -0.3 is 9.47 Å². The topological polar surface area (TPSA) is 59.9 Å². The fourth-order valence-corrected chi connectivity index (χ4v) is 2.49. The van der Waals surface area contributed by atoms with Crippen LogP contribution in [0.25, 0.3) is 10.8 Å². The molecule has 5 nitrogen and oxygen atoms in total. The minimum atomic E-state index is -0.317. The van der Waals surface area contributed by atoms with E-state index < -0.39 is 0 Å². The van der Waals surface area contributed by atoms with Crippen LogP contribution in [0, 0.1) is 0 Å². The molecule has 0 aliphatic rings. The van der Waals surface area contributed by atoms with Crippen molar-refractivity contribution in [1.82, 2.24) is 5.43 Å². The second-order valence-electron chi connectivity index (χ2n) is 6.01. The summed E-state index contributed by atoms with van der Waals surface area (Å²) in [5.41, 5.74) is 3.33. The molecule has 0 fully saturated rings. The number of hydrogen-bond donors (Lipinski definition) is 1. The van der Waals surface area contributed by atoms with Crippen molar-refractivity contribution in [3.05, 3.63) is 72.3 Å². The van der Waals surface area contributed by atoms with Gasteiger partial charge in [-0.2, -0.15) is 5.10 Å². The molecule has 1 N–H and O–H groups in total. The third kappa shape index (κ3) is 5.57. The number of hydrazone groups is 1. The Morgan fingerprint density at radius 2 is 1.70 bits per heavy atom. The molecule has 3 aromatic carbocycles. The molecule has 0 unspecified atom stereocenters.